The average Bonchev–Trinajstić information content (AvgIpc) is 3.59. The molecule has 4 aliphatic carbocycles. The Hall–Kier alpha value is -3.99. The number of nitrogens with zero attached hydrogens (tertiary/aromatic N) is 4. The Labute approximate surface area is 293 Å². The summed E-state index contributed by atoms with van der Waals surface area (Å²) in [7, 11) is 1.52. The summed E-state index contributed by atoms with van der Waals surface area (Å²) in [5.41, 5.74) is 5.04. The summed E-state index contributed by atoms with van der Waals surface area (Å²) in [4.78, 5) is 32.4. The minimum Gasteiger partial charge on any atom is -0.493 e. The molecule has 10 nitrogen and oxygen atoms in total. The summed E-state index contributed by atoms with van der Waals surface area (Å²) in [5.74, 6) is 0.396. The summed E-state index contributed by atoms with van der Waals surface area (Å²) in [5, 5.41) is 17.4. The number of hydrogen-bond donors (Lipinski definition) is 2. The minimum atomic E-state index is -0.468. The van der Waals surface area contributed by atoms with Crippen LogP contribution in [0, 0.1) is 24.1 Å². The number of anilines is 1. The number of carbonyl (C=O) groups excluding carboxylic acids is 2. The van der Waals surface area contributed by atoms with Crippen molar-refractivity contribution in [2.75, 3.05) is 25.5 Å². The van der Waals surface area contributed by atoms with Gasteiger partial charge in [0.25, 0.3) is 0 Å². The molecule has 5 aliphatic rings. The normalized spacial score (nSPS) is 26.5. The number of aryl methyl sites for hydroxylation is 1. The van der Waals surface area contributed by atoms with Crippen molar-refractivity contribution in [1.29, 1.82) is 0 Å². The third kappa shape index (κ3) is 6.61. The van der Waals surface area contributed by atoms with Gasteiger partial charge in [-0.15, -0.1) is 0 Å². The number of nitrogens with one attached hydrogen (secondary N) is 1. The second-order valence-corrected chi connectivity index (χ2v) is 15.7. The van der Waals surface area contributed by atoms with Crippen LogP contribution >= 0.6 is 0 Å². The number of hydrogen-bond acceptors (Lipinski definition) is 7. The molecule has 5 fully saturated rings. The van der Waals surface area contributed by atoms with Gasteiger partial charge in [0.15, 0.2) is 11.6 Å². The molecule has 0 atom stereocenters. The Balaban J connectivity index is 1.09. The topological polar surface area (TPSA) is 119 Å². The molecule has 2 aromatic heterocycles. The summed E-state index contributed by atoms with van der Waals surface area (Å²) >= 11 is 0. The number of amides is 2. The van der Waals surface area contributed by atoms with E-state index >= 15 is 4.39 Å². The first-order chi connectivity index (χ1) is 24.0. The number of aromatic nitrogens is 3. The van der Waals surface area contributed by atoms with Crippen molar-refractivity contribution in [3.8, 4) is 16.9 Å². The Bertz CT molecular complexity index is 1690. The maximum Gasteiger partial charge on any atom is 0.410 e. The molecular formula is C39H50FN5O5. The lowest BCUT2D eigenvalue weighted by molar-refractivity contribution is -0.121. The minimum absolute atomic E-state index is 0.0312. The first-order valence-corrected chi connectivity index (χ1v) is 18.3. The molecule has 8 rings (SSSR count). The molecular weight excluding hydrogens is 637 g/mol. The Morgan fingerprint density at radius 1 is 1.08 bits per heavy atom. The van der Waals surface area contributed by atoms with Gasteiger partial charge >= 0.3 is 6.09 Å². The Morgan fingerprint density at radius 2 is 1.78 bits per heavy atom. The fourth-order valence-corrected chi connectivity index (χ4v) is 8.92. The molecule has 3 heterocycles. The zero-order valence-electron chi connectivity index (χ0n) is 29.7. The predicted octanol–water partition coefficient (Wildman–Crippen LogP) is 7.13. The van der Waals surface area contributed by atoms with Crippen LogP contribution in [0.3, 0.4) is 0 Å². The maximum atomic E-state index is 15.0. The number of likely N-dealkylation sites (tertiary alicyclic amines) is 1. The van der Waals surface area contributed by atoms with E-state index < -0.39 is 6.10 Å². The van der Waals surface area contributed by atoms with Crippen LogP contribution < -0.4 is 10.1 Å². The lowest BCUT2D eigenvalue weighted by atomic mass is 9.50. The van der Waals surface area contributed by atoms with Crippen LogP contribution in [0.4, 0.5) is 15.0 Å². The van der Waals surface area contributed by atoms with Crippen molar-refractivity contribution in [3.05, 3.63) is 59.3 Å². The summed E-state index contributed by atoms with van der Waals surface area (Å²) in [6, 6.07) is 6.07. The first-order valence-electron chi connectivity index (χ1n) is 18.3. The lowest BCUT2D eigenvalue weighted by Gasteiger charge is -2.54. The third-order valence-corrected chi connectivity index (χ3v) is 12.2. The molecule has 0 spiro atoms. The number of rotatable bonds is 9. The molecule has 2 N–H and O–H groups in total. The fraction of sp³-hybridized carbons (Fsp3) is 0.590. The Morgan fingerprint density at radius 3 is 2.38 bits per heavy atom. The number of carbonyl (C=O) groups is 2. The van der Waals surface area contributed by atoms with E-state index in [9.17, 15) is 14.7 Å². The summed E-state index contributed by atoms with van der Waals surface area (Å²) in [6.45, 7) is 6.75. The zero-order chi connectivity index (χ0) is 35.2. The van der Waals surface area contributed by atoms with Crippen molar-refractivity contribution in [2.24, 2.45) is 11.3 Å². The van der Waals surface area contributed by atoms with Gasteiger partial charge in [-0.05, 0) is 131 Å². The molecule has 50 heavy (non-hydrogen) atoms. The fourth-order valence-electron chi connectivity index (χ4n) is 8.92. The van der Waals surface area contributed by atoms with Gasteiger partial charge in [-0.3, -0.25) is 9.48 Å². The van der Waals surface area contributed by atoms with Crippen LogP contribution in [0.25, 0.3) is 11.1 Å². The number of aliphatic hydroxyl groups excluding tert-OH is 1. The lowest BCUT2D eigenvalue weighted by Crippen LogP contribution is -2.54. The van der Waals surface area contributed by atoms with Gasteiger partial charge < -0.3 is 24.8 Å². The van der Waals surface area contributed by atoms with Crippen LogP contribution in [-0.4, -0.2) is 69.2 Å². The van der Waals surface area contributed by atoms with Gasteiger partial charge in [-0.25, -0.2) is 14.2 Å². The molecule has 1 saturated heterocycles. The van der Waals surface area contributed by atoms with E-state index in [1.807, 2.05) is 23.9 Å². The SMILES string of the molecule is COc1c(C)cc(C23CCC(Cc4c(-c5cnn(C(C)C)c5)ccnc4NC(=O)C4CCC(OC(=O)N5CC(O)C5)CC4)(CC2)CC3)cc1F. The predicted molar refractivity (Wildman–Crippen MR) is 187 cm³/mol. The standard InChI is InChI=1S/C39H50FN5O5/c1-24(2)45-21-27(20-42-45)31-9-16-41-35(43-36(47)26-5-7-30(8-6-26)50-37(48)44-22-29(46)23-44)32(31)19-38-10-13-39(14-11-38,15-12-38)28-17-25(3)34(49-4)33(40)18-28/h9,16-18,20-21,24,26,29-30,46H,5-8,10-15,19,22-23H2,1-4H3,(H,41,43,47). The second-order valence-electron chi connectivity index (χ2n) is 15.7. The maximum absolute atomic E-state index is 15.0. The quantitative estimate of drug-likeness (QED) is 0.246. The van der Waals surface area contributed by atoms with Crippen LogP contribution in [0.5, 0.6) is 5.75 Å². The number of methoxy groups -OCH3 is 1. The number of β-amino-alcohol motifs (C(OH)–C–C–N with tert-alkyl or cyclic N) is 1. The van der Waals surface area contributed by atoms with E-state index in [0.717, 1.165) is 72.8 Å². The van der Waals surface area contributed by atoms with Gasteiger partial charge in [0, 0.05) is 35.5 Å². The molecule has 1 aromatic carbocycles. The molecule has 0 unspecified atom stereocenters. The zero-order valence-corrected chi connectivity index (χ0v) is 29.7. The van der Waals surface area contributed by atoms with E-state index in [2.05, 4.69) is 36.5 Å². The number of benzene rings is 1. The van der Waals surface area contributed by atoms with E-state index in [0.29, 0.717) is 50.3 Å². The number of aliphatic hydroxyl groups is 1. The van der Waals surface area contributed by atoms with Crippen molar-refractivity contribution in [2.45, 2.75) is 115 Å². The van der Waals surface area contributed by atoms with E-state index in [-0.39, 0.29) is 46.7 Å². The Kier molecular flexibility index (Phi) is 9.39. The average molecular weight is 688 g/mol. The first kappa shape index (κ1) is 34.5. The highest BCUT2D eigenvalue weighted by molar-refractivity contribution is 5.93. The van der Waals surface area contributed by atoms with Crippen molar-refractivity contribution in [3.63, 3.8) is 0 Å². The van der Waals surface area contributed by atoms with Gasteiger partial charge in [-0.2, -0.15) is 5.10 Å². The van der Waals surface area contributed by atoms with Gasteiger partial charge in [0.1, 0.15) is 11.9 Å². The number of fused-ring (bicyclic) bond motifs is 3. The van der Waals surface area contributed by atoms with Crippen LogP contribution in [0.15, 0.2) is 36.8 Å². The highest BCUT2D eigenvalue weighted by Crippen LogP contribution is 2.60. The third-order valence-electron chi connectivity index (χ3n) is 12.2. The van der Waals surface area contributed by atoms with Crippen LogP contribution in [0.1, 0.15) is 101 Å². The van der Waals surface area contributed by atoms with Gasteiger partial charge in [0.2, 0.25) is 5.91 Å². The van der Waals surface area contributed by atoms with E-state index in [1.165, 1.54) is 12.0 Å². The van der Waals surface area contributed by atoms with Gasteiger partial charge in [0.05, 0.1) is 32.5 Å². The van der Waals surface area contributed by atoms with Crippen LogP contribution in [0.2, 0.25) is 0 Å². The largest absolute Gasteiger partial charge is 0.493 e. The molecule has 1 aliphatic heterocycles. The van der Waals surface area contributed by atoms with Gasteiger partial charge in [-0.1, -0.05) is 6.07 Å². The van der Waals surface area contributed by atoms with E-state index in [1.54, 1.807) is 12.3 Å². The van der Waals surface area contributed by atoms with E-state index in [4.69, 9.17) is 14.5 Å². The number of pyridine rings is 1. The molecule has 268 valence electrons. The molecule has 4 saturated carbocycles. The smallest absolute Gasteiger partial charge is 0.410 e. The molecule has 11 heteroatoms. The van der Waals surface area contributed by atoms with Crippen LogP contribution in [-0.2, 0) is 21.4 Å². The number of halogens is 1. The molecule has 2 bridgehead atoms. The molecule has 2 amide bonds. The number of ether oxygens (including phenoxy) is 2. The highest BCUT2D eigenvalue weighted by atomic mass is 19.1. The van der Waals surface area contributed by atoms with Crippen molar-refractivity contribution in [1.82, 2.24) is 19.7 Å². The van der Waals surface area contributed by atoms with Crippen molar-refractivity contribution >= 4 is 17.8 Å². The highest BCUT2D eigenvalue weighted by Gasteiger charge is 2.50. The van der Waals surface area contributed by atoms with Crippen molar-refractivity contribution < 1.29 is 28.6 Å². The summed E-state index contributed by atoms with van der Waals surface area (Å²) < 4.78 is 27.9. The second kappa shape index (κ2) is 13.6. The monoisotopic (exact) mass is 687 g/mol. The molecule has 3 aromatic rings. The summed E-state index contributed by atoms with van der Waals surface area (Å²) in [6.07, 6.45) is 14.0. The molecule has 0 radical (unpaired) electrons.